The van der Waals surface area contributed by atoms with Crippen LogP contribution in [0.15, 0.2) is 116 Å². The Hall–Kier alpha value is -5.56. The summed E-state index contributed by atoms with van der Waals surface area (Å²) in [4.78, 5) is 25.1. The molecule has 3 N–H and O–H groups in total. The second-order valence-corrected chi connectivity index (χ2v) is 9.28. The predicted octanol–water partition coefficient (Wildman–Crippen LogP) is 7.09. The molecule has 1 amide bonds. The minimum atomic E-state index is -0.175. The van der Waals surface area contributed by atoms with E-state index in [2.05, 4.69) is 54.7 Å². The van der Waals surface area contributed by atoms with E-state index < -0.39 is 0 Å². The number of nitrogens with zero attached hydrogens (tertiary/aromatic N) is 3. The van der Waals surface area contributed by atoms with Crippen LogP contribution in [0.1, 0.15) is 10.4 Å². The summed E-state index contributed by atoms with van der Waals surface area (Å²) < 4.78 is 0. The van der Waals surface area contributed by atoms with Crippen molar-refractivity contribution in [2.75, 3.05) is 5.32 Å². The zero-order chi connectivity index (χ0) is 26.2. The van der Waals surface area contributed by atoms with E-state index in [-0.39, 0.29) is 5.91 Å². The van der Waals surface area contributed by atoms with Crippen molar-refractivity contribution in [1.29, 1.82) is 0 Å². The molecule has 0 saturated heterocycles. The van der Waals surface area contributed by atoms with E-state index in [1.165, 1.54) is 0 Å². The summed E-state index contributed by atoms with van der Waals surface area (Å²) in [6.45, 7) is 0. The summed E-state index contributed by atoms with van der Waals surface area (Å²) in [6, 6.07) is 31.4. The van der Waals surface area contributed by atoms with Gasteiger partial charge < -0.3 is 10.3 Å². The second kappa shape index (κ2) is 9.39. The number of nitrogens with one attached hydrogen (secondary N) is 3. The van der Waals surface area contributed by atoms with Gasteiger partial charge in [0, 0.05) is 45.4 Å². The lowest BCUT2D eigenvalue weighted by atomic mass is 10.0. The van der Waals surface area contributed by atoms with E-state index in [1.807, 2.05) is 60.7 Å². The molecule has 7 aromatic rings. The van der Waals surface area contributed by atoms with E-state index in [4.69, 9.17) is 0 Å². The van der Waals surface area contributed by atoms with Crippen LogP contribution < -0.4 is 5.32 Å². The number of carbonyl (C=O) groups is 1. The van der Waals surface area contributed by atoms with Crippen LogP contribution in [-0.2, 0) is 0 Å². The van der Waals surface area contributed by atoms with Crippen molar-refractivity contribution in [2.45, 2.75) is 0 Å². The minimum Gasteiger partial charge on any atom is -0.353 e. The van der Waals surface area contributed by atoms with Gasteiger partial charge in [-0.25, -0.2) is 0 Å². The Bertz CT molecular complexity index is 1960. The first-order chi connectivity index (χ1) is 19.2. The molecule has 4 aromatic heterocycles. The number of fused-ring (bicyclic) bond motifs is 2. The number of rotatable bonds is 5. The zero-order valence-electron chi connectivity index (χ0n) is 20.7. The Kier molecular flexibility index (Phi) is 5.45. The monoisotopic (exact) mass is 506 g/mol. The van der Waals surface area contributed by atoms with Crippen molar-refractivity contribution in [3.8, 4) is 33.8 Å². The molecule has 0 radical (unpaired) electrons. The summed E-state index contributed by atoms with van der Waals surface area (Å²) in [6.07, 6.45) is 5.25. The molecule has 0 spiro atoms. The minimum absolute atomic E-state index is 0.175. The van der Waals surface area contributed by atoms with Crippen LogP contribution >= 0.6 is 0 Å². The van der Waals surface area contributed by atoms with Gasteiger partial charge in [0.05, 0.1) is 28.8 Å². The number of aromatic amines is 2. The van der Waals surface area contributed by atoms with E-state index in [9.17, 15) is 4.79 Å². The molecule has 0 aliphatic carbocycles. The predicted molar refractivity (Wildman–Crippen MR) is 154 cm³/mol. The molecule has 4 heterocycles. The fraction of sp³-hybridized carbons (Fsp3) is 0. The number of benzene rings is 3. The first-order valence-corrected chi connectivity index (χ1v) is 12.6. The molecule has 0 aliphatic rings. The smallest absolute Gasteiger partial charge is 0.255 e. The number of hydrogen-bond donors (Lipinski definition) is 3. The molecule has 0 aliphatic heterocycles. The first kappa shape index (κ1) is 22.6. The second-order valence-electron chi connectivity index (χ2n) is 9.28. The topological polar surface area (TPSA) is 99.3 Å². The van der Waals surface area contributed by atoms with Gasteiger partial charge in [-0.05, 0) is 60.2 Å². The van der Waals surface area contributed by atoms with Crippen molar-refractivity contribution in [3.05, 3.63) is 121 Å². The van der Waals surface area contributed by atoms with Gasteiger partial charge in [0.25, 0.3) is 5.91 Å². The highest BCUT2D eigenvalue weighted by atomic mass is 16.1. The Morgan fingerprint density at radius 2 is 1.64 bits per heavy atom. The molecule has 3 aromatic carbocycles. The fourth-order valence-electron chi connectivity index (χ4n) is 4.89. The average molecular weight is 507 g/mol. The quantitative estimate of drug-likeness (QED) is 0.232. The Morgan fingerprint density at radius 3 is 2.51 bits per heavy atom. The highest BCUT2D eigenvalue weighted by Crippen LogP contribution is 2.35. The van der Waals surface area contributed by atoms with Crippen LogP contribution in [0.25, 0.3) is 55.6 Å². The highest BCUT2D eigenvalue weighted by Gasteiger charge is 2.15. The highest BCUT2D eigenvalue weighted by molar-refractivity contribution is 6.05. The Labute approximate surface area is 223 Å². The molecule has 0 bridgehead atoms. The number of hydrogen-bond acceptors (Lipinski definition) is 4. The normalized spacial score (nSPS) is 11.2. The van der Waals surface area contributed by atoms with Gasteiger partial charge >= 0.3 is 0 Å². The molecule has 0 atom stereocenters. The van der Waals surface area contributed by atoms with Crippen molar-refractivity contribution in [2.24, 2.45) is 0 Å². The molecule has 0 unspecified atom stereocenters. The number of anilines is 1. The third kappa shape index (κ3) is 4.22. The third-order valence-corrected chi connectivity index (χ3v) is 6.79. The summed E-state index contributed by atoms with van der Waals surface area (Å²) >= 11 is 0. The Morgan fingerprint density at radius 1 is 0.744 bits per heavy atom. The maximum Gasteiger partial charge on any atom is 0.255 e. The van der Waals surface area contributed by atoms with Crippen molar-refractivity contribution in [1.82, 2.24) is 25.1 Å². The van der Waals surface area contributed by atoms with Crippen LogP contribution in [0.2, 0.25) is 0 Å². The molecule has 7 rings (SSSR count). The maximum atomic E-state index is 12.6. The van der Waals surface area contributed by atoms with Crippen molar-refractivity contribution < 1.29 is 4.79 Å². The number of pyridine rings is 2. The SMILES string of the molecule is O=C(Nc1cncc(-c2ccc3[nH]nc(-c4cc5c(-c6ccccn6)cccc5[nH]4)c3c2)c1)c1ccccc1. The molecule has 7 heteroatoms. The molecule has 39 heavy (non-hydrogen) atoms. The third-order valence-electron chi connectivity index (χ3n) is 6.79. The van der Waals surface area contributed by atoms with Gasteiger partial charge in [-0.1, -0.05) is 42.5 Å². The molecule has 7 nitrogen and oxygen atoms in total. The lowest BCUT2D eigenvalue weighted by Gasteiger charge is -2.08. The van der Waals surface area contributed by atoms with Crippen LogP contribution in [-0.4, -0.2) is 31.1 Å². The van der Waals surface area contributed by atoms with Gasteiger partial charge in [-0.2, -0.15) is 5.10 Å². The lowest BCUT2D eigenvalue weighted by Crippen LogP contribution is -2.11. The van der Waals surface area contributed by atoms with E-state index in [0.29, 0.717) is 11.3 Å². The number of amides is 1. The van der Waals surface area contributed by atoms with Gasteiger partial charge in [-0.3, -0.25) is 19.9 Å². The van der Waals surface area contributed by atoms with Gasteiger partial charge in [0.2, 0.25) is 0 Å². The first-order valence-electron chi connectivity index (χ1n) is 12.6. The largest absolute Gasteiger partial charge is 0.353 e. The molecule has 186 valence electrons. The zero-order valence-corrected chi connectivity index (χ0v) is 20.7. The maximum absolute atomic E-state index is 12.6. The van der Waals surface area contributed by atoms with Crippen LogP contribution in [0.4, 0.5) is 5.69 Å². The van der Waals surface area contributed by atoms with Crippen LogP contribution in [0.3, 0.4) is 0 Å². The summed E-state index contributed by atoms with van der Waals surface area (Å²) in [5.41, 5.74) is 8.78. The number of H-pyrrole nitrogens is 2. The van der Waals surface area contributed by atoms with E-state index in [1.54, 1.807) is 30.7 Å². The van der Waals surface area contributed by atoms with Gasteiger partial charge in [0.1, 0.15) is 5.69 Å². The van der Waals surface area contributed by atoms with E-state index >= 15 is 0 Å². The lowest BCUT2D eigenvalue weighted by molar-refractivity contribution is 0.102. The number of aromatic nitrogens is 5. The van der Waals surface area contributed by atoms with Crippen LogP contribution in [0, 0.1) is 0 Å². The summed E-state index contributed by atoms with van der Waals surface area (Å²) in [5.74, 6) is -0.175. The summed E-state index contributed by atoms with van der Waals surface area (Å²) in [5, 5.41) is 12.8. The van der Waals surface area contributed by atoms with E-state index in [0.717, 1.165) is 55.6 Å². The fourth-order valence-corrected chi connectivity index (χ4v) is 4.89. The Balaban J connectivity index is 1.25. The van der Waals surface area contributed by atoms with Crippen LogP contribution in [0.5, 0.6) is 0 Å². The van der Waals surface area contributed by atoms with Gasteiger partial charge in [-0.15, -0.1) is 0 Å². The van der Waals surface area contributed by atoms with Gasteiger partial charge in [0.15, 0.2) is 0 Å². The molecular formula is C32H22N6O. The standard InChI is InChI=1S/C32H22N6O/c39-32(20-7-2-1-3-8-20)35-23-15-22(18-33-19-23)21-12-13-29-26(16-21)31(38-37-29)30-17-25-24(9-6-11-28(25)36-30)27-10-4-5-14-34-27/h1-19,36H,(H,35,39)(H,37,38). The average Bonchev–Trinajstić information content (AvgIpc) is 3.62. The molecular weight excluding hydrogens is 484 g/mol. The summed E-state index contributed by atoms with van der Waals surface area (Å²) in [7, 11) is 0. The molecule has 0 saturated carbocycles. The number of carbonyl (C=O) groups excluding carboxylic acids is 1. The van der Waals surface area contributed by atoms with Crippen molar-refractivity contribution in [3.63, 3.8) is 0 Å². The van der Waals surface area contributed by atoms with Crippen molar-refractivity contribution >= 4 is 33.4 Å². The molecule has 0 fully saturated rings.